The summed E-state index contributed by atoms with van der Waals surface area (Å²) in [5.74, 6) is 1.89. The van der Waals surface area contributed by atoms with Gasteiger partial charge in [0.05, 0.1) is 15.9 Å². The van der Waals surface area contributed by atoms with E-state index in [1.54, 1.807) is 0 Å². The van der Waals surface area contributed by atoms with Gasteiger partial charge in [0.1, 0.15) is 0 Å². The van der Waals surface area contributed by atoms with Gasteiger partial charge in [-0.3, -0.25) is 4.68 Å². The molecule has 0 aliphatic heterocycles. The lowest BCUT2D eigenvalue weighted by Crippen LogP contribution is -2.40. The molecule has 1 heterocycles. The maximum atomic E-state index is 4.79. The lowest BCUT2D eigenvalue weighted by atomic mass is 9.70. The van der Waals surface area contributed by atoms with E-state index in [1.165, 1.54) is 48.0 Å². The molecule has 2 aliphatic carbocycles. The predicted octanol–water partition coefficient (Wildman–Crippen LogP) is 3.80. The van der Waals surface area contributed by atoms with Crippen molar-refractivity contribution >= 4 is 15.9 Å². The van der Waals surface area contributed by atoms with Gasteiger partial charge in [-0.25, -0.2) is 0 Å². The molecule has 2 fully saturated rings. The Morgan fingerprint density at radius 3 is 2.71 bits per heavy atom. The van der Waals surface area contributed by atoms with Crippen molar-refractivity contribution in [3.8, 4) is 0 Å². The van der Waals surface area contributed by atoms with Gasteiger partial charge in [-0.2, -0.15) is 5.10 Å². The summed E-state index contributed by atoms with van der Waals surface area (Å²) in [4.78, 5) is 0. The van der Waals surface area contributed by atoms with Crippen LogP contribution in [0.1, 0.15) is 50.9 Å². The van der Waals surface area contributed by atoms with E-state index >= 15 is 0 Å². The van der Waals surface area contributed by atoms with Crippen molar-refractivity contribution in [2.24, 2.45) is 17.3 Å². The van der Waals surface area contributed by atoms with Gasteiger partial charge < -0.3 is 5.32 Å². The van der Waals surface area contributed by atoms with E-state index in [4.69, 9.17) is 5.10 Å². The molecule has 2 bridgehead atoms. The molecule has 0 amide bonds. The number of halogens is 1. The molecule has 21 heavy (non-hydrogen) atoms. The van der Waals surface area contributed by atoms with Crippen LogP contribution < -0.4 is 5.32 Å². The summed E-state index contributed by atoms with van der Waals surface area (Å²) in [6, 6.07) is 0. The van der Waals surface area contributed by atoms with Gasteiger partial charge in [0, 0.05) is 13.1 Å². The van der Waals surface area contributed by atoms with Crippen molar-refractivity contribution in [3.63, 3.8) is 0 Å². The molecule has 118 valence electrons. The van der Waals surface area contributed by atoms with Crippen LogP contribution in [0.5, 0.6) is 0 Å². The van der Waals surface area contributed by atoms with Crippen molar-refractivity contribution in [1.29, 1.82) is 0 Å². The number of aryl methyl sites for hydroxylation is 2. The molecule has 3 rings (SSSR count). The van der Waals surface area contributed by atoms with Crippen LogP contribution in [0.4, 0.5) is 0 Å². The number of nitrogens with zero attached hydrogens (tertiary/aromatic N) is 2. The summed E-state index contributed by atoms with van der Waals surface area (Å²) in [6.07, 6.45) is 7.94. The Morgan fingerprint density at radius 2 is 2.19 bits per heavy atom. The van der Waals surface area contributed by atoms with Crippen LogP contribution in [0.3, 0.4) is 0 Å². The van der Waals surface area contributed by atoms with E-state index in [9.17, 15) is 0 Å². The first-order valence-corrected chi connectivity index (χ1v) is 9.31. The molecule has 3 atom stereocenters. The molecule has 3 unspecified atom stereocenters. The smallest absolute Gasteiger partial charge is 0.0766 e. The number of fused-ring (bicyclic) bond motifs is 2. The van der Waals surface area contributed by atoms with Gasteiger partial charge in [-0.1, -0.05) is 13.3 Å². The average molecular weight is 354 g/mol. The number of rotatable bonds is 6. The van der Waals surface area contributed by atoms with Crippen LogP contribution in [0.2, 0.25) is 0 Å². The van der Waals surface area contributed by atoms with E-state index in [1.807, 2.05) is 0 Å². The molecule has 2 aliphatic rings. The standard InChI is InChI=1S/C17H28BrN3/c1-4-14-16(18)15(21(5-2)20-14)10-17(11-19-3)9-12-6-7-13(17)8-12/h12-13,19H,4-11H2,1-3H3. The van der Waals surface area contributed by atoms with Crippen LogP contribution in [-0.2, 0) is 19.4 Å². The maximum absolute atomic E-state index is 4.79. The lowest BCUT2D eigenvalue weighted by molar-refractivity contribution is 0.156. The highest BCUT2D eigenvalue weighted by Gasteiger charge is 2.50. The van der Waals surface area contributed by atoms with E-state index in [2.05, 4.69) is 46.8 Å². The van der Waals surface area contributed by atoms with Crippen LogP contribution in [0.15, 0.2) is 4.47 Å². The topological polar surface area (TPSA) is 29.9 Å². The zero-order valence-electron chi connectivity index (χ0n) is 13.6. The molecule has 0 saturated heterocycles. The lowest BCUT2D eigenvalue weighted by Gasteiger charge is -2.38. The normalized spacial score (nSPS) is 31.2. The van der Waals surface area contributed by atoms with Crippen LogP contribution in [0.25, 0.3) is 0 Å². The Morgan fingerprint density at radius 1 is 1.38 bits per heavy atom. The van der Waals surface area contributed by atoms with Crippen molar-refractivity contribution in [2.45, 2.75) is 58.9 Å². The molecule has 1 N–H and O–H groups in total. The Bertz CT molecular complexity index is 510. The Balaban J connectivity index is 1.92. The van der Waals surface area contributed by atoms with E-state index in [0.29, 0.717) is 5.41 Å². The number of nitrogens with one attached hydrogen (secondary N) is 1. The first-order chi connectivity index (χ1) is 10.1. The molecule has 1 aromatic rings. The minimum Gasteiger partial charge on any atom is -0.319 e. The zero-order chi connectivity index (χ0) is 15.0. The molecule has 3 nitrogen and oxygen atoms in total. The van der Waals surface area contributed by atoms with Gasteiger partial charge >= 0.3 is 0 Å². The highest BCUT2D eigenvalue weighted by atomic mass is 79.9. The van der Waals surface area contributed by atoms with Crippen molar-refractivity contribution in [3.05, 3.63) is 15.9 Å². The zero-order valence-corrected chi connectivity index (χ0v) is 15.2. The molecule has 0 aromatic carbocycles. The summed E-state index contributed by atoms with van der Waals surface area (Å²) in [5, 5.41) is 8.28. The summed E-state index contributed by atoms with van der Waals surface area (Å²) in [7, 11) is 2.11. The van der Waals surface area contributed by atoms with E-state index < -0.39 is 0 Å². The minimum atomic E-state index is 0.456. The minimum absolute atomic E-state index is 0.456. The molecule has 0 radical (unpaired) electrons. The van der Waals surface area contributed by atoms with Crippen LogP contribution in [0, 0.1) is 17.3 Å². The number of aromatic nitrogens is 2. The van der Waals surface area contributed by atoms with Crippen LogP contribution >= 0.6 is 15.9 Å². The van der Waals surface area contributed by atoms with Crippen molar-refractivity contribution in [1.82, 2.24) is 15.1 Å². The third-order valence-electron chi connectivity index (χ3n) is 5.84. The van der Waals surface area contributed by atoms with Gasteiger partial charge in [0.25, 0.3) is 0 Å². The fourth-order valence-electron chi connectivity index (χ4n) is 4.93. The first kappa shape index (κ1) is 15.5. The first-order valence-electron chi connectivity index (χ1n) is 8.52. The summed E-state index contributed by atoms with van der Waals surface area (Å²) >= 11 is 3.83. The van der Waals surface area contributed by atoms with Gasteiger partial charge in [0.15, 0.2) is 0 Å². The Labute approximate surface area is 137 Å². The van der Waals surface area contributed by atoms with Crippen molar-refractivity contribution in [2.75, 3.05) is 13.6 Å². The summed E-state index contributed by atoms with van der Waals surface area (Å²) in [6.45, 7) is 6.51. The average Bonchev–Trinajstić information content (AvgIpc) is 3.14. The second-order valence-corrected chi connectivity index (χ2v) is 7.82. The maximum Gasteiger partial charge on any atom is 0.0766 e. The predicted molar refractivity (Wildman–Crippen MR) is 90.5 cm³/mol. The second-order valence-electron chi connectivity index (χ2n) is 7.03. The highest BCUT2D eigenvalue weighted by molar-refractivity contribution is 9.10. The number of hydrogen-bond donors (Lipinski definition) is 1. The molecular formula is C17H28BrN3. The fraction of sp³-hybridized carbons (Fsp3) is 0.824. The quantitative estimate of drug-likeness (QED) is 0.842. The molecular weight excluding hydrogens is 326 g/mol. The van der Waals surface area contributed by atoms with Gasteiger partial charge in [-0.05, 0) is 79.3 Å². The number of hydrogen-bond acceptors (Lipinski definition) is 2. The van der Waals surface area contributed by atoms with E-state index in [-0.39, 0.29) is 0 Å². The molecule has 4 heteroatoms. The molecule has 2 saturated carbocycles. The SMILES string of the molecule is CCc1nn(CC)c(CC2(CNC)CC3CCC2C3)c1Br. The third-order valence-corrected chi connectivity index (χ3v) is 6.76. The van der Waals surface area contributed by atoms with Crippen LogP contribution in [-0.4, -0.2) is 23.4 Å². The van der Waals surface area contributed by atoms with Gasteiger partial charge in [-0.15, -0.1) is 0 Å². The van der Waals surface area contributed by atoms with Crippen molar-refractivity contribution < 1.29 is 0 Å². The third kappa shape index (κ3) is 2.59. The fourth-order valence-corrected chi connectivity index (χ4v) is 5.63. The highest BCUT2D eigenvalue weighted by Crippen LogP contribution is 2.57. The molecule has 0 spiro atoms. The largest absolute Gasteiger partial charge is 0.319 e. The monoisotopic (exact) mass is 353 g/mol. The Hall–Kier alpha value is -0.350. The van der Waals surface area contributed by atoms with Gasteiger partial charge in [0.2, 0.25) is 0 Å². The molecule has 1 aromatic heterocycles. The van der Waals surface area contributed by atoms with E-state index in [0.717, 1.165) is 31.3 Å². The second kappa shape index (κ2) is 6.04. The summed E-state index contributed by atoms with van der Waals surface area (Å²) in [5.41, 5.74) is 3.10. The Kier molecular flexibility index (Phi) is 4.47. The summed E-state index contributed by atoms with van der Waals surface area (Å²) < 4.78 is 3.50.